The lowest BCUT2D eigenvalue weighted by Gasteiger charge is -1.95. The van der Waals surface area contributed by atoms with Crippen molar-refractivity contribution in [2.75, 3.05) is 6.61 Å². The molecule has 4 nitrogen and oxygen atoms in total. The first kappa shape index (κ1) is 11.2. The van der Waals surface area contributed by atoms with Gasteiger partial charge in [-0.05, 0) is 13.0 Å². The number of ether oxygens (including phenoxy) is 1. The molecule has 86 valence electrons. The van der Waals surface area contributed by atoms with Crippen molar-refractivity contribution in [2.24, 2.45) is 0 Å². The smallest absolute Gasteiger partial charge is 0.317 e. The lowest BCUT2D eigenvalue weighted by Crippen LogP contribution is -2.01. The highest BCUT2D eigenvalue weighted by Crippen LogP contribution is 2.14. The van der Waals surface area contributed by atoms with E-state index in [0.717, 1.165) is 16.5 Å². The third-order valence-electron chi connectivity index (χ3n) is 2.24. The molecule has 0 saturated heterocycles. The highest BCUT2D eigenvalue weighted by molar-refractivity contribution is 5.84. The molecule has 0 unspecified atom stereocenters. The van der Waals surface area contributed by atoms with E-state index in [-0.39, 0.29) is 12.4 Å². The number of hydrogen-bond acceptors (Lipinski definition) is 3. The molecule has 2 rings (SSSR count). The summed E-state index contributed by atoms with van der Waals surface area (Å²) in [5.41, 5.74) is 1.73. The van der Waals surface area contributed by atoms with Gasteiger partial charge in [-0.15, -0.1) is 0 Å². The lowest BCUT2D eigenvalue weighted by atomic mass is 10.1. The molecule has 0 aliphatic heterocycles. The van der Waals surface area contributed by atoms with Crippen molar-refractivity contribution in [1.82, 2.24) is 10.2 Å². The number of para-hydroxylation sites is 1. The van der Waals surface area contributed by atoms with Crippen LogP contribution < -0.4 is 0 Å². The summed E-state index contributed by atoms with van der Waals surface area (Å²) in [6, 6.07) is 5.75. The lowest BCUT2D eigenvalue weighted by molar-refractivity contribution is -0.141. The average molecular weight is 228 g/mol. The van der Waals surface area contributed by atoms with E-state index in [0.29, 0.717) is 6.61 Å². The van der Waals surface area contributed by atoms with Crippen LogP contribution in [-0.2, 0) is 9.53 Å². The zero-order chi connectivity index (χ0) is 12.1. The molecule has 1 N–H and O–H groups in total. The molecular formula is C13H12N2O2. The van der Waals surface area contributed by atoms with E-state index in [4.69, 9.17) is 4.74 Å². The molecule has 1 aromatic heterocycles. The van der Waals surface area contributed by atoms with E-state index < -0.39 is 0 Å². The summed E-state index contributed by atoms with van der Waals surface area (Å²) in [6.07, 6.45) is 1.85. The van der Waals surface area contributed by atoms with Crippen LogP contribution in [0.1, 0.15) is 18.9 Å². The van der Waals surface area contributed by atoms with Crippen molar-refractivity contribution >= 4 is 16.9 Å². The number of esters is 1. The molecule has 1 heterocycles. The summed E-state index contributed by atoms with van der Waals surface area (Å²) >= 11 is 0. The fraction of sp³-hybridized carbons (Fsp3) is 0.231. The maximum absolute atomic E-state index is 11.1. The number of nitrogens with zero attached hydrogens (tertiary/aromatic N) is 1. The Kier molecular flexibility index (Phi) is 3.41. The van der Waals surface area contributed by atoms with Crippen molar-refractivity contribution in [3.63, 3.8) is 0 Å². The predicted octanol–water partition coefficient (Wildman–Crippen LogP) is 1.87. The quantitative estimate of drug-likeness (QED) is 0.630. The van der Waals surface area contributed by atoms with Crippen molar-refractivity contribution in [1.29, 1.82) is 0 Å². The minimum Gasteiger partial charge on any atom is -0.465 e. The molecule has 17 heavy (non-hydrogen) atoms. The van der Waals surface area contributed by atoms with Crippen molar-refractivity contribution in [3.8, 4) is 11.8 Å². The maximum atomic E-state index is 11.1. The molecule has 0 spiro atoms. The molecule has 1 aromatic carbocycles. The maximum Gasteiger partial charge on any atom is 0.317 e. The van der Waals surface area contributed by atoms with Gasteiger partial charge in [0, 0.05) is 5.39 Å². The number of H-pyrrole nitrogens is 1. The van der Waals surface area contributed by atoms with Crippen LogP contribution in [0, 0.1) is 11.8 Å². The molecule has 2 aromatic rings. The van der Waals surface area contributed by atoms with E-state index >= 15 is 0 Å². The van der Waals surface area contributed by atoms with Crippen molar-refractivity contribution < 1.29 is 9.53 Å². The number of nitrogens with one attached hydrogen (secondary N) is 1. The molecule has 0 aliphatic rings. The number of aromatic nitrogens is 2. The van der Waals surface area contributed by atoms with Gasteiger partial charge in [0.2, 0.25) is 0 Å². The summed E-state index contributed by atoms with van der Waals surface area (Å²) < 4.78 is 4.79. The van der Waals surface area contributed by atoms with Crippen molar-refractivity contribution in [2.45, 2.75) is 13.3 Å². The highest BCUT2D eigenvalue weighted by atomic mass is 16.5. The van der Waals surface area contributed by atoms with E-state index in [1.54, 1.807) is 13.1 Å². The van der Waals surface area contributed by atoms with Crippen LogP contribution in [0.4, 0.5) is 0 Å². The Balaban J connectivity index is 2.16. The fourth-order valence-corrected chi connectivity index (χ4v) is 1.50. The van der Waals surface area contributed by atoms with E-state index in [2.05, 4.69) is 22.0 Å². The van der Waals surface area contributed by atoms with E-state index in [1.807, 2.05) is 18.2 Å². The average Bonchev–Trinajstić information content (AvgIpc) is 2.78. The second-order valence-corrected chi connectivity index (χ2v) is 3.42. The van der Waals surface area contributed by atoms with Gasteiger partial charge in [-0.2, -0.15) is 5.10 Å². The first-order chi connectivity index (χ1) is 8.31. The Morgan fingerprint density at radius 2 is 2.41 bits per heavy atom. The number of fused-ring (bicyclic) bond motifs is 1. The van der Waals surface area contributed by atoms with Gasteiger partial charge in [-0.25, -0.2) is 0 Å². The minimum atomic E-state index is -0.295. The number of hydrogen-bond donors (Lipinski definition) is 1. The minimum absolute atomic E-state index is 0.109. The number of aromatic amines is 1. The van der Waals surface area contributed by atoms with Crippen molar-refractivity contribution in [3.05, 3.63) is 30.0 Å². The number of carbonyl (C=O) groups excluding carboxylic acids is 1. The standard InChI is InChI=1S/C13H12N2O2/c1-2-17-12(16)8-4-6-10-5-3-7-11-9-14-15-13(10)11/h3,5,7,9H,2,8H2,1H3,(H,14,15). The summed E-state index contributed by atoms with van der Waals surface area (Å²) in [5.74, 6) is 5.44. The molecule has 4 heteroatoms. The van der Waals surface area contributed by atoms with Crippen LogP contribution in [0.2, 0.25) is 0 Å². The van der Waals surface area contributed by atoms with Crippen LogP contribution in [0.5, 0.6) is 0 Å². The number of benzene rings is 1. The molecule has 0 atom stereocenters. The Hall–Kier alpha value is -2.28. The molecule has 0 aliphatic carbocycles. The molecule has 0 amide bonds. The van der Waals surface area contributed by atoms with Gasteiger partial charge in [-0.1, -0.05) is 24.0 Å². The SMILES string of the molecule is CCOC(=O)CC#Cc1cccc2cn[nH]c12. The van der Waals surface area contributed by atoms with Gasteiger partial charge in [0.15, 0.2) is 0 Å². The van der Waals surface area contributed by atoms with Gasteiger partial charge >= 0.3 is 5.97 Å². The topological polar surface area (TPSA) is 55.0 Å². The van der Waals surface area contributed by atoms with Gasteiger partial charge in [-0.3, -0.25) is 9.89 Å². The fourth-order valence-electron chi connectivity index (χ4n) is 1.50. The van der Waals surface area contributed by atoms with E-state index in [1.165, 1.54) is 0 Å². The molecular weight excluding hydrogens is 216 g/mol. The van der Waals surface area contributed by atoms with Gasteiger partial charge in [0.1, 0.15) is 6.42 Å². The number of rotatable bonds is 2. The second-order valence-electron chi connectivity index (χ2n) is 3.42. The summed E-state index contributed by atoms with van der Waals surface area (Å²) in [7, 11) is 0. The van der Waals surface area contributed by atoms with E-state index in [9.17, 15) is 4.79 Å². The molecule has 0 bridgehead atoms. The Morgan fingerprint density at radius 1 is 1.53 bits per heavy atom. The van der Waals surface area contributed by atoms with Gasteiger partial charge < -0.3 is 4.74 Å². The first-order valence-electron chi connectivity index (χ1n) is 5.38. The largest absolute Gasteiger partial charge is 0.465 e. The third kappa shape index (κ3) is 2.64. The predicted molar refractivity (Wildman–Crippen MR) is 64.2 cm³/mol. The zero-order valence-corrected chi connectivity index (χ0v) is 9.49. The zero-order valence-electron chi connectivity index (χ0n) is 9.49. The molecule has 0 radical (unpaired) electrons. The Morgan fingerprint density at radius 3 is 3.24 bits per heavy atom. The highest BCUT2D eigenvalue weighted by Gasteiger charge is 2.00. The Labute approximate surface area is 99.0 Å². The Bertz CT molecular complexity index is 590. The van der Waals surface area contributed by atoms with Crippen LogP contribution >= 0.6 is 0 Å². The van der Waals surface area contributed by atoms with Crippen LogP contribution in [0.15, 0.2) is 24.4 Å². The monoisotopic (exact) mass is 228 g/mol. The normalized spacial score (nSPS) is 9.71. The summed E-state index contributed by atoms with van der Waals surface area (Å²) in [5, 5.41) is 7.84. The second kappa shape index (κ2) is 5.17. The molecule has 0 fully saturated rings. The van der Waals surface area contributed by atoms with Crippen LogP contribution in [0.3, 0.4) is 0 Å². The number of carbonyl (C=O) groups is 1. The summed E-state index contributed by atoms with van der Waals surface area (Å²) in [4.78, 5) is 11.1. The van der Waals surface area contributed by atoms with Crippen LogP contribution in [-0.4, -0.2) is 22.8 Å². The van der Waals surface area contributed by atoms with Gasteiger partial charge in [0.25, 0.3) is 0 Å². The van der Waals surface area contributed by atoms with Gasteiger partial charge in [0.05, 0.1) is 23.9 Å². The first-order valence-corrected chi connectivity index (χ1v) is 5.38. The van der Waals surface area contributed by atoms with Crippen LogP contribution in [0.25, 0.3) is 10.9 Å². The summed E-state index contributed by atoms with van der Waals surface area (Å²) in [6.45, 7) is 2.16. The molecule has 0 saturated carbocycles. The third-order valence-corrected chi connectivity index (χ3v) is 2.24.